The molecule has 2 aromatic rings. The Morgan fingerprint density at radius 1 is 0.900 bits per heavy atom. The highest BCUT2D eigenvalue weighted by molar-refractivity contribution is 5.88. The number of carboxylic acids is 1. The van der Waals surface area contributed by atoms with Crippen LogP contribution in [0.3, 0.4) is 0 Å². The number of rotatable bonds is 3. The Morgan fingerprint density at radius 2 is 1.40 bits per heavy atom. The topological polar surface area (TPSA) is 49.3 Å². The maximum Gasteiger partial charge on any atom is 0.335 e. The molecule has 0 aliphatic rings. The summed E-state index contributed by atoms with van der Waals surface area (Å²) in [6, 6.07) is 3.48. The zero-order valence-electron chi connectivity index (χ0n) is 9.75. The third-order valence-corrected chi connectivity index (χ3v) is 2.42. The minimum Gasteiger partial charge on any atom is -0.478 e. The predicted octanol–water partition coefficient (Wildman–Crippen LogP) is 3.68. The van der Waals surface area contributed by atoms with Gasteiger partial charge in [0.15, 0.2) is 11.6 Å². The van der Waals surface area contributed by atoms with Crippen molar-refractivity contribution >= 4 is 17.3 Å². The molecule has 2 aromatic carbocycles. The van der Waals surface area contributed by atoms with Crippen molar-refractivity contribution in [2.45, 2.75) is 0 Å². The fraction of sp³-hybridized carbons (Fsp3) is 0. The summed E-state index contributed by atoms with van der Waals surface area (Å²) in [6.07, 6.45) is 0. The fourth-order valence-corrected chi connectivity index (χ4v) is 1.59. The minimum atomic E-state index is -1.49. The quantitative estimate of drug-likeness (QED) is 0.846. The molecular weight excluding hydrogens is 278 g/mol. The van der Waals surface area contributed by atoms with Gasteiger partial charge in [-0.25, -0.2) is 22.4 Å². The predicted molar refractivity (Wildman–Crippen MR) is 63.0 cm³/mol. The summed E-state index contributed by atoms with van der Waals surface area (Å²) >= 11 is 0. The lowest BCUT2D eigenvalue weighted by molar-refractivity contribution is 0.0696. The van der Waals surface area contributed by atoms with E-state index >= 15 is 0 Å². The Kier molecular flexibility index (Phi) is 3.60. The molecule has 0 saturated carbocycles. The van der Waals surface area contributed by atoms with Crippen LogP contribution in [0.1, 0.15) is 10.4 Å². The summed E-state index contributed by atoms with van der Waals surface area (Å²) in [6.45, 7) is 0. The molecule has 0 spiro atoms. The maximum atomic E-state index is 13.6. The lowest BCUT2D eigenvalue weighted by Gasteiger charge is -2.10. The molecule has 0 radical (unpaired) electrons. The van der Waals surface area contributed by atoms with Crippen molar-refractivity contribution in [2.75, 3.05) is 5.32 Å². The van der Waals surface area contributed by atoms with E-state index in [4.69, 9.17) is 5.11 Å². The Hall–Kier alpha value is -2.57. The molecule has 0 atom stereocenters. The van der Waals surface area contributed by atoms with Crippen molar-refractivity contribution in [3.63, 3.8) is 0 Å². The highest BCUT2D eigenvalue weighted by atomic mass is 19.1. The van der Waals surface area contributed by atoms with Crippen LogP contribution >= 0.6 is 0 Å². The summed E-state index contributed by atoms with van der Waals surface area (Å²) < 4.78 is 53.1. The third-order valence-electron chi connectivity index (χ3n) is 2.42. The van der Waals surface area contributed by atoms with Crippen molar-refractivity contribution < 1.29 is 27.5 Å². The number of anilines is 2. The van der Waals surface area contributed by atoms with Crippen LogP contribution < -0.4 is 5.32 Å². The van der Waals surface area contributed by atoms with Gasteiger partial charge in [0.05, 0.1) is 5.56 Å². The van der Waals surface area contributed by atoms with Crippen LogP contribution in [0.5, 0.6) is 0 Å². The van der Waals surface area contributed by atoms with E-state index in [1.54, 1.807) is 0 Å². The first-order valence-corrected chi connectivity index (χ1v) is 5.32. The van der Waals surface area contributed by atoms with E-state index in [0.29, 0.717) is 18.2 Å². The van der Waals surface area contributed by atoms with Gasteiger partial charge in [0.25, 0.3) is 0 Å². The molecule has 0 heterocycles. The van der Waals surface area contributed by atoms with Gasteiger partial charge in [-0.05, 0) is 24.3 Å². The van der Waals surface area contributed by atoms with Gasteiger partial charge < -0.3 is 10.4 Å². The zero-order chi connectivity index (χ0) is 14.9. The standard InChI is InChI=1S/C13H7F4NO2/c14-7-3-8(15)5-9(4-7)18-12-10(16)1-6(13(19)20)2-11(12)17/h1-5,18H,(H,19,20). The van der Waals surface area contributed by atoms with Crippen LogP contribution in [0.25, 0.3) is 0 Å². The van der Waals surface area contributed by atoms with E-state index in [2.05, 4.69) is 5.32 Å². The van der Waals surface area contributed by atoms with Gasteiger partial charge in [-0.15, -0.1) is 0 Å². The summed E-state index contributed by atoms with van der Waals surface area (Å²) in [5.74, 6) is -5.71. The molecule has 0 aliphatic carbocycles. The van der Waals surface area contributed by atoms with E-state index in [9.17, 15) is 22.4 Å². The number of carboxylic acid groups (broad SMARTS) is 1. The molecule has 3 nitrogen and oxygen atoms in total. The van der Waals surface area contributed by atoms with Crippen LogP contribution in [-0.2, 0) is 0 Å². The third kappa shape index (κ3) is 2.87. The van der Waals surface area contributed by atoms with Gasteiger partial charge in [0, 0.05) is 11.8 Å². The van der Waals surface area contributed by atoms with Crippen LogP contribution in [0, 0.1) is 23.3 Å². The van der Waals surface area contributed by atoms with Gasteiger partial charge in [0.2, 0.25) is 0 Å². The Balaban J connectivity index is 2.41. The molecule has 2 N–H and O–H groups in total. The fourth-order valence-electron chi connectivity index (χ4n) is 1.59. The van der Waals surface area contributed by atoms with Gasteiger partial charge in [-0.3, -0.25) is 0 Å². The Morgan fingerprint density at radius 3 is 1.85 bits per heavy atom. The van der Waals surface area contributed by atoms with Gasteiger partial charge in [-0.2, -0.15) is 0 Å². The Labute approximate surface area is 110 Å². The number of carbonyl (C=O) groups is 1. The van der Waals surface area contributed by atoms with Crippen molar-refractivity contribution in [2.24, 2.45) is 0 Å². The van der Waals surface area contributed by atoms with Crippen LogP contribution in [0.4, 0.5) is 28.9 Å². The molecule has 0 unspecified atom stereocenters. The lowest BCUT2D eigenvalue weighted by Crippen LogP contribution is -2.03. The average molecular weight is 285 g/mol. The second-order valence-electron chi connectivity index (χ2n) is 3.90. The van der Waals surface area contributed by atoms with Gasteiger partial charge in [0.1, 0.15) is 17.3 Å². The van der Waals surface area contributed by atoms with E-state index in [-0.39, 0.29) is 5.69 Å². The molecule has 104 valence electrons. The smallest absolute Gasteiger partial charge is 0.335 e. The lowest BCUT2D eigenvalue weighted by atomic mass is 10.1. The number of hydrogen-bond donors (Lipinski definition) is 2. The monoisotopic (exact) mass is 285 g/mol. The number of nitrogens with one attached hydrogen (secondary N) is 1. The molecule has 7 heteroatoms. The first kappa shape index (κ1) is 13.9. The Bertz CT molecular complexity index is 645. The molecule has 0 aromatic heterocycles. The normalized spacial score (nSPS) is 10.4. The van der Waals surface area contributed by atoms with E-state index in [1.807, 2.05) is 0 Å². The average Bonchev–Trinajstić information content (AvgIpc) is 2.32. The second-order valence-corrected chi connectivity index (χ2v) is 3.90. The molecule has 0 amide bonds. The van der Waals surface area contributed by atoms with E-state index in [1.165, 1.54) is 0 Å². The molecule has 0 fully saturated rings. The first-order valence-electron chi connectivity index (χ1n) is 5.32. The van der Waals surface area contributed by atoms with Crippen LogP contribution in [-0.4, -0.2) is 11.1 Å². The zero-order valence-corrected chi connectivity index (χ0v) is 9.75. The molecule has 2 rings (SSSR count). The second kappa shape index (κ2) is 5.20. The number of halogens is 4. The van der Waals surface area contributed by atoms with E-state index in [0.717, 1.165) is 12.1 Å². The molecule has 20 heavy (non-hydrogen) atoms. The molecule has 0 saturated heterocycles. The number of aromatic carboxylic acids is 1. The highest BCUT2D eigenvalue weighted by Crippen LogP contribution is 2.25. The summed E-state index contributed by atoms with van der Waals surface area (Å²) in [4.78, 5) is 10.6. The maximum absolute atomic E-state index is 13.6. The number of hydrogen-bond acceptors (Lipinski definition) is 2. The van der Waals surface area contributed by atoms with E-state index < -0.39 is 40.5 Å². The SMILES string of the molecule is O=C(O)c1cc(F)c(Nc2cc(F)cc(F)c2)c(F)c1. The molecular formula is C13H7F4NO2. The summed E-state index contributed by atoms with van der Waals surface area (Å²) in [5.41, 5.74) is -1.47. The largest absolute Gasteiger partial charge is 0.478 e. The highest BCUT2D eigenvalue weighted by Gasteiger charge is 2.15. The molecule has 0 bridgehead atoms. The van der Waals surface area contributed by atoms with Crippen molar-refractivity contribution in [1.82, 2.24) is 0 Å². The van der Waals surface area contributed by atoms with Crippen molar-refractivity contribution in [1.29, 1.82) is 0 Å². The van der Waals surface area contributed by atoms with Crippen LogP contribution in [0.2, 0.25) is 0 Å². The number of benzene rings is 2. The summed E-state index contributed by atoms with van der Waals surface area (Å²) in [7, 11) is 0. The summed E-state index contributed by atoms with van der Waals surface area (Å²) in [5, 5.41) is 10.8. The van der Waals surface area contributed by atoms with Gasteiger partial charge >= 0.3 is 5.97 Å². The van der Waals surface area contributed by atoms with Crippen molar-refractivity contribution in [3.05, 3.63) is 59.2 Å². The first-order chi connectivity index (χ1) is 9.36. The van der Waals surface area contributed by atoms with Crippen LogP contribution in [0.15, 0.2) is 30.3 Å². The molecule has 0 aliphatic heterocycles. The minimum absolute atomic E-state index is 0.205. The van der Waals surface area contributed by atoms with Gasteiger partial charge in [-0.1, -0.05) is 0 Å². The van der Waals surface area contributed by atoms with Crippen molar-refractivity contribution in [3.8, 4) is 0 Å².